The van der Waals surface area contributed by atoms with Crippen LogP contribution in [0.2, 0.25) is 0 Å². The zero-order chi connectivity index (χ0) is 23.9. The summed E-state index contributed by atoms with van der Waals surface area (Å²) in [6.07, 6.45) is 16.7. The maximum absolute atomic E-state index is 3.69. The van der Waals surface area contributed by atoms with E-state index in [2.05, 4.69) is 131 Å². The normalized spacial score (nSPS) is 21.1. The van der Waals surface area contributed by atoms with E-state index in [1.807, 2.05) is 0 Å². The summed E-state index contributed by atoms with van der Waals surface area (Å²) >= 11 is 3.69. The fourth-order valence-corrected chi connectivity index (χ4v) is 7.68. The Bertz CT molecular complexity index is 1600. The minimum atomic E-state index is -0.372. The molecular weight excluding hydrogens is 500 g/mol. The van der Waals surface area contributed by atoms with E-state index in [1.165, 1.54) is 44.5 Å². The molecule has 0 spiro atoms. The van der Waals surface area contributed by atoms with Gasteiger partial charge in [-0.2, -0.15) is 0 Å². The van der Waals surface area contributed by atoms with Gasteiger partial charge in [-0.15, -0.1) is 0 Å². The highest BCUT2D eigenvalue weighted by molar-refractivity contribution is 9.10. The van der Waals surface area contributed by atoms with Gasteiger partial charge in [0.25, 0.3) is 0 Å². The number of hydrogen-bond donors (Lipinski definition) is 0. The molecule has 0 bridgehead atoms. The maximum Gasteiger partial charge on any atom is 0.0719 e. The Kier molecular flexibility index (Phi) is 4.34. The van der Waals surface area contributed by atoms with Gasteiger partial charge in [0, 0.05) is 16.3 Å². The van der Waals surface area contributed by atoms with Gasteiger partial charge in [-0.05, 0) is 86.7 Å². The highest BCUT2D eigenvalue weighted by Crippen LogP contribution is 2.59. The van der Waals surface area contributed by atoms with E-state index in [-0.39, 0.29) is 5.41 Å². The number of rotatable bonds is 2. The molecule has 0 heterocycles. The van der Waals surface area contributed by atoms with E-state index in [4.69, 9.17) is 0 Å². The van der Waals surface area contributed by atoms with Crippen molar-refractivity contribution in [2.45, 2.75) is 30.1 Å². The molecule has 0 fully saturated rings. The summed E-state index contributed by atoms with van der Waals surface area (Å²) < 4.78 is 1.11. The molecule has 4 aliphatic rings. The van der Waals surface area contributed by atoms with Crippen LogP contribution in [0.5, 0.6) is 0 Å². The lowest BCUT2D eigenvalue weighted by molar-refractivity contribution is 0.715. The molecule has 0 nitrogen and oxygen atoms in total. The average molecular weight is 525 g/mol. The third kappa shape index (κ3) is 2.59. The lowest BCUT2D eigenvalue weighted by atomic mass is 9.62. The lowest BCUT2D eigenvalue weighted by Gasteiger charge is -2.40. The van der Waals surface area contributed by atoms with E-state index in [1.54, 1.807) is 11.1 Å². The summed E-state index contributed by atoms with van der Waals surface area (Å²) in [6.45, 7) is 0. The van der Waals surface area contributed by atoms with Crippen LogP contribution in [0.4, 0.5) is 0 Å². The van der Waals surface area contributed by atoms with Gasteiger partial charge in [-0.25, -0.2) is 0 Å². The van der Waals surface area contributed by atoms with Crippen molar-refractivity contribution in [1.29, 1.82) is 0 Å². The van der Waals surface area contributed by atoms with Crippen LogP contribution < -0.4 is 0 Å². The van der Waals surface area contributed by atoms with Crippen molar-refractivity contribution in [2.75, 3.05) is 0 Å². The van der Waals surface area contributed by atoms with Gasteiger partial charge >= 0.3 is 0 Å². The van der Waals surface area contributed by atoms with Crippen LogP contribution >= 0.6 is 15.9 Å². The summed E-state index contributed by atoms with van der Waals surface area (Å²) in [5, 5.41) is 0. The Labute approximate surface area is 220 Å². The van der Waals surface area contributed by atoms with Crippen molar-refractivity contribution in [3.8, 4) is 11.1 Å². The molecule has 0 aliphatic heterocycles. The van der Waals surface area contributed by atoms with Gasteiger partial charge in [0.15, 0.2) is 0 Å². The Morgan fingerprint density at radius 1 is 0.639 bits per heavy atom. The lowest BCUT2D eigenvalue weighted by Crippen LogP contribution is -2.31. The van der Waals surface area contributed by atoms with Crippen molar-refractivity contribution in [2.24, 2.45) is 0 Å². The van der Waals surface area contributed by atoms with Crippen LogP contribution in [0.25, 0.3) is 23.3 Å². The molecule has 4 aliphatic carbocycles. The van der Waals surface area contributed by atoms with E-state index in [0.29, 0.717) is 11.8 Å². The first-order chi connectivity index (χ1) is 17.8. The topological polar surface area (TPSA) is 0 Å². The van der Waals surface area contributed by atoms with Gasteiger partial charge in [0.1, 0.15) is 0 Å². The second-order valence-electron chi connectivity index (χ2n) is 10.5. The minimum Gasteiger partial charge on any atom is -0.0830 e. The number of hydrogen-bond acceptors (Lipinski definition) is 0. The fourth-order valence-electron chi connectivity index (χ4n) is 7.42. The molecule has 36 heavy (non-hydrogen) atoms. The van der Waals surface area contributed by atoms with E-state index < -0.39 is 0 Å². The van der Waals surface area contributed by atoms with Crippen LogP contribution in [0.1, 0.15) is 69.2 Å². The van der Waals surface area contributed by atoms with Crippen molar-refractivity contribution in [1.82, 2.24) is 0 Å². The molecule has 4 aromatic carbocycles. The van der Waals surface area contributed by atoms with Crippen molar-refractivity contribution >= 4 is 28.1 Å². The van der Waals surface area contributed by atoms with Crippen molar-refractivity contribution in [3.63, 3.8) is 0 Å². The standard InChI is InChI=1S/C35H25Br/c36-26-19-17-25(18-20-26)35(30-13-3-1-10-27(30)28-11-2-4-14-31(28)35)32-21-24-9-5-7-22-15-16-23-8-6-12-29(32)34(23)33(22)24/h1-6,9-23H,7-8H2. The number of halogens is 1. The van der Waals surface area contributed by atoms with E-state index in [9.17, 15) is 0 Å². The Morgan fingerprint density at radius 3 is 1.94 bits per heavy atom. The molecule has 1 heteroatoms. The van der Waals surface area contributed by atoms with Crippen LogP contribution in [0, 0.1) is 0 Å². The molecule has 172 valence electrons. The molecular formula is C35H25Br. The van der Waals surface area contributed by atoms with Crippen molar-refractivity contribution in [3.05, 3.63) is 152 Å². The molecule has 0 aromatic heterocycles. The molecule has 0 saturated heterocycles. The van der Waals surface area contributed by atoms with Gasteiger partial charge in [0.2, 0.25) is 0 Å². The van der Waals surface area contributed by atoms with Gasteiger partial charge in [-0.1, -0.05) is 113 Å². The Morgan fingerprint density at radius 2 is 1.25 bits per heavy atom. The zero-order valence-electron chi connectivity index (χ0n) is 19.9. The SMILES string of the molecule is Brc1ccc(C2(c3cc4c5c6c3C=CCC6C=CC5CC=C4)c3ccccc3-c3ccccc32)cc1. The summed E-state index contributed by atoms with van der Waals surface area (Å²) in [4.78, 5) is 0. The van der Waals surface area contributed by atoms with Crippen LogP contribution in [0.3, 0.4) is 0 Å². The Hall–Kier alpha value is -3.42. The molecule has 0 radical (unpaired) electrons. The third-order valence-electron chi connectivity index (χ3n) is 8.79. The smallest absolute Gasteiger partial charge is 0.0719 e. The van der Waals surface area contributed by atoms with Crippen LogP contribution in [-0.4, -0.2) is 0 Å². The second kappa shape index (κ2) is 7.54. The molecule has 2 atom stereocenters. The van der Waals surface area contributed by atoms with E-state index in [0.717, 1.165) is 17.3 Å². The zero-order valence-corrected chi connectivity index (χ0v) is 21.5. The maximum atomic E-state index is 3.69. The van der Waals surface area contributed by atoms with Crippen molar-refractivity contribution < 1.29 is 0 Å². The molecule has 8 rings (SSSR count). The largest absolute Gasteiger partial charge is 0.0830 e. The molecule has 0 saturated carbocycles. The van der Waals surface area contributed by atoms with Gasteiger partial charge < -0.3 is 0 Å². The second-order valence-corrected chi connectivity index (χ2v) is 11.4. The number of fused-ring (bicyclic) bond motifs is 3. The monoisotopic (exact) mass is 524 g/mol. The summed E-state index contributed by atoms with van der Waals surface area (Å²) in [6, 6.07) is 29.7. The highest BCUT2D eigenvalue weighted by Gasteiger charge is 2.48. The highest BCUT2D eigenvalue weighted by atomic mass is 79.9. The van der Waals surface area contributed by atoms with Crippen LogP contribution in [0.15, 0.2) is 108 Å². The average Bonchev–Trinajstić information content (AvgIpc) is 3.23. The molecule has 0 amide bonds. The quantitative estimate of drug-likeness (QED) is 0.202. The molecule has 4 aromatic rings. The molecule has 2 unspecified atom stereocenters. The van der Waals surface area contributed by atoms with Crippen LogP contribution in [-0.2, 0) is 5.41 Å². The first-order valence-corrected chi connectivity index (χ1v) is 13.7. The van der Waals surface area contributed by atoms with Gasteiger partial charge in [-0.3, -0.25) is 0 Å². The predicted octanol–water partition coefficient (Wildman–Crippen LogP) is 9.38. The van der Waals surface area contributed by atoms with Gasteiger partial charge in [0.05, 0.1) is 5.41 Å². The summed E-state index contributed by atoms with van der Waals surface area (Å²) in [5.74, 6) is 0.970. The Balaban J connectivity index is 1.57. The fraction of sp³-hybridized carbons (Fsp3) is 0.143. The number of benzene rings is 4. The third-order valence-corrected chi connectivity index (χ3v) is 9.32. The summed E-state index contributed by atoms with van der Waals surface area (Å²) in [5.41, 5.74) is 13.8. The predicted molar refractivity (Wildman–Crippen MR) is 153 cm³/mol. The minimum absolute atomic E-state index is 0.372. The first kappa shape index (κ1) is 20.7. The first-order valence-electron chi connectivity index (χ1n) is 12.9. The number of allylic oxidation sites excluding steroid dienone is 4. The van der Waals surface area contributed by atoms with E-state index >= 15 is 0 Å². The summed E-state index contributed by atoms with van der Waals surface area (Å²) in [7, 11) is 0. The molecule has 0 N–H and O–H groups in total.